The first kappa shape index (κ1) is 29.1. The maximum Gasteiger partial charge on any atom is 0.182 e. The lowest BCUT2D eigenvalue weighted by molar-refractivity contribution is 0.590. The highest BCUT2D eigenvalue weighted by Crippen LogP contribution is 2.37. The molecular weight excluding hydrogens is 536 g/mol. The van der Waals surface area contributed by atoms with E-state index in [1.54, 1.807) is 0 Å². The number of rotatable bonds is 6. The zero-order valence-corrected chi connectivity index (χ0v) is 26.5. The Kier molecular flexibility index (Phi) is 7.69. The number of nitrogens with zero attached hydrogens (tertiary/aromatic N) is 4. The largest absolute Gasteiger partial charge is 0.311 e. The molecule has 6 aromatic rings. The van der Waals surface area contributed by atoms with E-state index in [1.165, 1.54) is 11.1 Å². The minimum atomic E-state index is 0.0895. The van der Waals surface area contributed by atoms with E-state index >= 15 is 0 Å². The summed E-state index contributed by atoms with van der Waals surface area (Å²) in [5, 5.41) is 4.98. The highest BCUT2D eigenvalue weighted by molar-refractivity contribution is 5.77. The van der Waals surface area contributed by atoms with E-state index in [0.717, 1.165) is 39.7 Å². The molecule has 0 radical (unpaired) electrons. The normalized spacial score (nSPS) is 11.9. The van der Waals surface area contributed by atoms with Crippen molar-refractivity contribution >= 4 is 17.1 Å². The predicted molar refractivity (Wildman–Crippen MR) is 184 cm³/mol. The Hall–Kier alpha value is -4.96. The van der Waals surface area contributed by atoms with Crippen LogP contribution in [0.1, 0.15) is 52.7 Å². The van der Waals surface area contributed by atoms with Gasteiger partial charge in [0.25, 0.3) is 0 Å². The Labute approximate surface area is 261 Å². The van der Waals surface area contributed by atoms with Crippen molar-refractivity contribution < 1.29 is 0 Å². The lowest BCUT2D eigenvalue weighted by atomic mass is 9.86. The molecule has 0 aliphatic rings. The summed E-state index contributed by atoms with van der Waals surface area (Å²) in [4.78, 5) is 7.29. The van der Waals surface area contributed by atoms with Crippen molar-refractivity contribution in [2.45, 2.75) is 52.4 Å². The Morgan fingerprint density at radius 3 is 1.32 bits per heavy atom. The molecule has 0 aliphatic carbocycles. The van der Waals surface area contributed by atoms with Crippen LogP contribution in [0.25, 0.3) is 28.5 Å². The van der Waals surface area contributed by atoms with Crippen molar-refractivity contribution in [1.82, 2.24) is 14.8 Å². The molecule has 0 amide bonds. The summed E-state index contributed by atoms with van der Waals surface area (Å²) in [7, 11) is 0. The Morgan fingerprint density at radius 1 is 0.477 bits per heavy atom. The molecule has 0 fully saturated rings. The number of hydrogen-bond donors (Lipinski definition) is 0. The van der Waals surface area contributed by atoms with Gasteiger partial charge in [-0.15, -0.1) is 5.10 Å². The van der Waals surface area contributed by atoms with Gasteiger partial charge in [-0.05, 0) is 70.5 Å². The topological polar surface area (TPSA) is 34.0 Å². The van der Waals surface area contributed by atoms with Crippen LogP contribution in [-0.2, 0) is 10.8 Å². The molecule has 0 N–H and O–H groups in total. The quantitative estimate of drug-likeness (QED) is 0.198. The zero-order chi connectivity index (χ0) is 30.9. The molecule has 0 aliphatic heterocycles. The van der Waals surface area contributed by atoms with Gasteiger partial charge >= 0.3 is 0 Å². The number of aromatic nitrogens is 3. The van der Waals surface area contributed by atoms with Crippen LogP contribution in [0.15, 0.2) is 133 Å². The van der Waals surface area contributed by atoms with Crippen molar-refractivity contribution in [3.63, 3.8) is 0 Å². The Balaban J connectivity index is 1.42. The summed E-state index contributed by atoms with van der Waals surface area (Å²) in [6.45, 7) is 13.5. The number of benzene rings is 5. The SMILES string of the molecule is CC(C)(C)c1ccc(N(c2ccc(-n3nc(-c4ccccc4)nc3-c3ccccc3)cc2)c2ccc(C(C)(C)C)cc2)cc1. The first-order chi connectivity index (χ1) is 21.1. The third kappa shape index (κ3) is 6.07. The van der Waals surface area contributed by atoms with Crippen molar-refractivity contribution in [2.24, 2.45) is 0 Å². The molecular formula is C40H40N4. The van der Waals surface area contributed by atoms with Crippen LogP contribution in [0.5, 0.6) is 0 Å². The average molecular weight is 577 g/mol. The zero-order valence-electron chi connectivity index (χ0n) is 26.5. The van der Waals surface area contributed by atoms with E-state index in [9.17, 15) is 0 Å². The van der Waals surface area contributed by atoms with Gasteiger partial charge in [0, 0.05) is 28.2 Å². The van der Waals surface area contributed by atoms with Crippen LogP contribution in [0.4, 0.5) is 17.1 Å². The molecule has 0 spiro atoms. The summed E-state index contributed by atoms with van der Waals surface area (Å²) < 4.78 is 1.95. The second-order valence-electron chi connectivity index (χ2n) is 13.3. The molecule has 1 heterocycles. The molecule has 220 valence electrons. The molecule has 0 unspecified atom stereocenters. The maximum atomic E-state index is 4.98. The summed E-state index contributed by atoms with van der Waals surface area (Å²) in [6, 6.07) is 46.9. The first-order valence-electron chi connectivity index (χ1n) is 15.3. The average Bonchev–Trinajstić information content (AvgIpc) is 3.48. The van der Waals surface area contributed by atoms with E-state index in [1.807, 2.05) is 53.2 Å². The third-order valence-corrected chi connectivity index (χ3v) is 8.01. The fourth-order valence-corrected chi connectivity index (χ4v) is 5.39. The van der Waals surface area contributed by atoms with Gasteiger partial charge in [-0.1, -0.05) is 126 Å². The molecule has 0 saturated heterocycles. The second kappa shape index (κ2) is 11.6. The van der Waals surface area contributed by atoms with Crippen LogP contribution >= 0.6 is 0 Å². The molecule has 0 atom stereocenters. The van der Waals surface area contributed by atoms with Crippen LogP contribution in [-0.4, -0.2) is 14.8 Å². The Bertz CT molecular complexity index is 1760. The molecule has 4 nitrogen and oxygen atoms in total. The summed E-state index contributed by atoms with van der Waals surface area (Å²) in [5.74, 6) is 1.51. The van der Waals surface area contributed by atoms with Gasteiger partial charge in [0.1, 0.15) is 0 Å². The maximum absolute atomic E-state index is 4.98. The van der Waals surface area contributed by atoms with Gasteiger partial charge < -0.3 is 4.90 Å². The fraction of sp³-hybridized carbons (Fsp3) is 0.200. The van der Waals surface area contributed by atoms with Gasteiger partial charge in [-0.25, -0.2) is 9.67 Å². The van der Waals surface area contributed by atoms with E-state index in [2.05, 4.69) is 131 Å². The van der Waals surface area contributed by atoms with Gasteiger partial charge in [0.05, 0.1) is 5.69 Å². The van der Waals surface area contributed by atoms with Gasteiger partial charge in [-0.3, -0.25) is 0 Å². The molecule has 5 aromatic carbocycles. The molecule has 4 heteroatoms. The second-order valence-corrected chi connectivity index (χ2v) is 13.3. The smallest absolute Gasteiger partial charge is 0.182 e. The standard InChI is InChI=1S/C40H40N4/c1-39(2,3)31-17-21-33(22-18-31)43(34-23-19-32(20-24-34)40(4,5)6)35-25-27-36(28-26-35)44-38(30-15-11-8-12-16-30)41-37(42-44)29-13-9-7-10-14-29/h7-28H,1-6H3. The molecule has 0 saturated carbocycles. The van der Waals surface area contributed by atoms with Crippen molar-refractivity contribution in [3.05, 3.63) is 145 Å². The van der Waals surface area contributed by atoms with Crippen LogP contribution in [0, 0.1) is 0 Å². The highest BCUT2D eigenvalue weighted by atomic mass is 15.4. The fourth-order valence-electron chi connectivity index (χ4n) is 5.39. The lowest BCUT2D eigenvalue weighted by Crippen LogP contribution is -2.14. The summed E-state index contributed by atoms with van der Waals surface area (Å²) in [5.41, 5.74) is 9.08. The van der Waals surface area contributed by atoms with Gasteiger partial charge in [0.2, 0.25) is 0 Å². The van der Waals surface area contributed by atoms with E-state index in [-0.39, 0.29) is 10.8 Å². The van der Waals surface area contributed by atoms with Crippen LogP contribution < -0.4 is 4.90 Å². The first-order valence-corrected chi connectivity index (χ1v) is 15.3. The number of anilines is 3. The Morgan fingerprint density at radius 2 is 0.886 bits per heavy atom. The van der Waals surface area contributed by atoms with Gasteiger partial charge in [-0.2, -0.15) is 0 Å². The molecule has 0 bridgehead atoms. The highest BCUT2D eigenvalue weighted by Gasteiger charge is 2.20. The van der Waals surface area contributed by atoms with Crippen molar-refractivity contribution in [2.75, 3.05) is 4.90 Å². The molecule has 44 heavy (non-hydrogen) atoms. The molecule has 1 aromatic heterocycles. The number of hydrogen-bond acceptors (Lipinski definition) is 3. The minimum absolute atomic E-state index is 0.0895. The van der Waals surface area contributed by atoms with Crippen molar-refractivity contribution in [3.8, 4) is 28.5 Å². The summed E-state index contributed by atoms with van der Waals surface area (Å²) in [6.07, 6.45) is 0. The van der Waals surface area contributed by atoms with Crippen LogP contribution in [0.3, 0.4) is 0 Å². The third-order valence-electron chi connectivity index (χ3n) is 8.01. The minimum Gasteiger partial charge on any atom is -0.311 e. The van der Waals surface area contributed by atoms with Crippen LogP contribution in [0.2, 0.25) is 0 Å². The predicted octanol–water partition coefficient (Wildman–Crippen LogP) is 10.7. The molecule has 6 rings (SSSR count). The van der Waals surface area contributed by atoms with E-state index < -0.39 is 0 Å². The van der Waals surface area contributed by atoms with Crippen molar-refractivity contribution in [1.29, 1.82) is 0 Å². The van der Waals surface area contributed by atoms with E-state index in [4.69, 9.17) is 10.1 Å². The van der Waals surface area contributed by atoms with E-state index in [0.29, 0.717) is 5.82 Å². The van der Waals surface area contributed by atoms with Gasteiger partial charge in [0.15, 0.2) is 11.6 Å². The monoisotopic (exact) mass is 576 g/mol. The summed E-state index contributed by atoms with van der Waals surface area (Å²) >= 11 is 0. The lowest BCUT2D eigenvalue weighted by Gasteiger charge is -2.28.